The summed E-state index contributed by atoms with van der Waals surface area (Å²) in [4.78, 5) is 14.4. The van der Waals surface area contributed by atoms with Crippen LogP contribution in [-0.4, -0.2) is 32.8 Å². The number of aromatic nitrogens is 4. The van der Waals surface area contributed by atoms with Gasteiger partial charge in [-0.3, -0.25) is 4.98 Å². The first-order chi connectivity index (χ1) is 28.7. The monoisotopic (exact) mass is 1040 g/mol. The van der Waals surface area contributed by atoms with Gasteiger partial charge in [-0.25, -0.2) is 4.98 Å². The van der Waals surface area contributed by atoms with Crippen molar-refractivity contribution in [2.75, 3.05) is 0 Å². The van der Waals surface area contributed by atoms with Crippen molar-refractivity contribution in [3.63, 3.8) is 0 Å². The van der Waals surface area contributed by atoms with Gasteiger partial charge in [0, 0.05) is 37.4 Å². The van der Waals surface area contributed by atoms with E-state index in [2.05, 4.69) is 190 Å². The van der Waals surface area contributed by atoms with Crippen molar-refractivity contribution in [3.05, 3.63) is 163 Å². The van der Waals surface area contributed by atoms with Crippen LogP contribution in [0.1, 0.15) is 77.0 Å². The van der Waals surface area contributed by atoms with Gasteiger partial charge in [0.1, 0.15) is 0 Å². The van der Waals surface area contributed by atoms with E-state index in [-0.39, 0.29) is 25.5 Å². The van der Waals surface area contributed by atoms with E-state index in [4.69, 9.17) is 9.40 Å². The van der Waals surface area contributed by atoms with E-state index in [0.29, 0.717) is 17.5 Å². The first-order valence-electron chi connectivity index (χ1n) is 21.1. The molecule has 0 aliphatic rings. The molecule has 9 aromatic rings. The zero-order valence-corrected chi connectivity index (χ0v) is 41.4. The molecule has 0 saturated heterocycles. The van der Waals surface area contributed by atoms with Gasteiger partial charge >= 0.3 is 119 Å². The van der Waals surface area contributed by atoms with Crippen LogP contribution in [0.15, 0.2) is 138 Å². The summed E-state index contributed by atoms with van der Waals surface area (Å²) in [6.07, 6.45) is 3.90. The average Bonchev–Trinajstić information content (AvgIpc) is 3.82. The molecule has 1 radical (unpaired) electrons. The molecule has 9 rings (SSSR count). The number of hydrogen-bond acceptors (Lipinski definition) is 4. The molecule has 4 aromatic heterocycles. The molecule has 311 valence electrons. The van der Waals surface area contributed by atoms with Crippen LogP contribution in [-0.2, 0) is 25.5 Å². The minimum Gasteiger partial charge on any atom is 0 e. The predicted octanol–water partition coefficient (Wildman–Crippen LogP) is 14.1. The quantitative estimate of drug-likeness (QED) is 0.118. The first-order valence-corrected chi connectivity index (χ1v) is 28.4. The summed E-state index contributed by atoms with van der Waals surface area (Å²) in [5.41, 5.74) is 13.6. The van der Waals surface area contributed by atoms with Crippen molar-refractivity contribution >= 4 is 50.8 Å². The van der Waals surface area contributed by atoms with E-state index in [1.807, 2.05) is 30.3 Å². The van der Waals surface area contributed by atoms with Crippen LogP contribution in [0.5, 0.6) is 0 Å². The number of pyridine rings is 2. The van der Waals surface area contributed by atoms with Gasteiger partial charge in [0.05, 0.1) is 22.4 Å². The zero-order valence-electron chi connectivity index (χ0n) is 36.9. The van der Waals surface area contributed by atoms with Gasteiger partial charge in [-0.2, -0.15) is 0 Å². The zero-order chi connectivity index (χ0) is 42.3. The summed E-state index contributed by atoms with van der Waals surface area (Å²) in [6.45, 7) is 15.8. The number of imidazole rings is 1. The van der Waals surface area contributed by atoms with E-state index in [0.717, 1.165) is 55.7 Å². The second-order valence-electron chi connectivity index (χ2n) is 18.4. The largest absolute Gasteiger partial charge is 0 e. The van der Waals surface area contributed by atoms with Crippen molar-refractivity contribution in [3.8, 4) is 39.5 Å². The van der Waals surface area contributed by atoms with Crippen molar-refractivity contribution in [1.82, 2.24) is 19.5 Å². The Morgan fingerprint density at radius 2 is 1.44 bits per heavy atom. The molecule has 5 nitrogen and oxygen atoms in total. The molecule has 0 atom stereocenters. The fourth-order valence-corrected chi connectivity index (χ4v) is 11.7. The summed E-state index contributed by atoms with van der Waals surface area (Å²) >= 11 is -1.85. The average molecular weight is 1040 g/mol. The second kappa shape index (κ2) is 17.7. The topological polar surface area (TPSA) is 56.7 Å². The van der Waals surface area contributed by atoms with Gasteiger partial charge in [0.2, 0.25) is 5.71 Å². The molecule has 0 aliphatic carbocycles. The standard InChI is InChI=1S/C37H32N3O.C17H22GeN.Ir/c1-23(2)26-18-19-28(34-33(26)27-14-11-21-38-36(27)41-34)35-39-30-15-9-10-16-32(30)40(35)31-20-17-25(22-29(31)37(3,4)5)24-12-7-6-8-13-24;1-13(2)15-11-17(14-9-7-6-8-10-14)19-12-16(15)18(3,4)5;/h6-18,20-23H,1-5H3;6-9,11-13H,1-5H3;/q2*-1;. The summed E-state index contributed by atoms with van der Waals surface area (Å²) in [5.74, 6) is 8.94. The van der Waals surface area contributed by atoms with E-state index in [1.165, 1.54) is 32.2 Å². The predicted molar refractivity (Wildman–Crippen MR) is 254 cm³/mol. The Bertz CT molecular complexity index is 2950. The van der Waals surface area contributed by atoms with Crippen molar-refractivity contribution < 1.29 is 24.5 Å². The summed E-state index contributed by atoms with van der Waals surface area (Å²) in [6, 6.07) is 49.0. The Morgan fingerprint density at radius 3 is 2.13 bits per heavy atom. The molecule has 0 N–H and O–H groups in total. The molecule has 0 amide bonds. The number of benzene rings is 5. The Hall–Kier alpha value is -5.14. The van der Waals surface area contributed by atoms with Gasteiger partial charge in [-0.1, -0.05) is 100 Å². The van der Waals surface area contributed by atoms with Crippen LogP contribution in [0, 0.1) is 12.1 Å². The maximum atomic E-state index is 6.49. The number of rotatable bonds is 7. The van der Waals surface area contributed by atoms with Crippen LogP contribution < -0.4 is 4.40 Å². The van der Waals surface area contributed by atoms with E-state index in [1.54, 1.807) is 6.20 Å². The molecule has 61 heavy (non-hydrogen) atoms. The molecule has 0 spiro atoms. The van der Waals surface area contributed by atoms with Crippen LogP contribution >= 0.6 is 0 Å². The summed E-state index contributed by atoms with van der Waals surface area (Å²) in [7, 11) is 0. The van der Waals surface area contributed by atoms with Crippen molar-refractivity contribution in [1.29, 1.82) is 0 Å². The molecule has 0 fully saturated rings. The minimum absolute atomic E-state index is 0. The molecule has 7 heteroatoms. The van der Waals surface area contributed by atoms with E-state index >= 15 is 0 Å². The van der Waals surface area contributed by atoms with Gasteiger partial charge < -0.3 is 8.98 Å². The Morgan fingerprint density at radius 1 is 0.721 bits per heavy atom. The number of para-hydroxylation sites is 2. The molecule has 5 aromatic carbocycles. The molecular formula is C54H54GeIrN4O-2. The fraction of sp³-hybridized carbons (Fsp3) is 0.241. The van der Waals surface area contributed by atoms with Crippen LogP contribution in [0.25, 0.3) is 72.6 Å². The van der Waals surface area contributed by atoms with Crippen LogP contribution in [0.3, 0.4) is 0 Å². The van der Waals surface area contributed by atoms with Gasteiger partial charge in [0.15, 0.2) is 0 Å². The normalized spacial score (nSPS) is 11.9. The maximum Gasteiger partial charge on any atom is 0 e. The number of nitrogens with zero attached hydrogens (tertiary/aromatic N) is 4. The van der Waals surface area contributed by atoms with E-state index in [9.17, 15) is 0 Å². The van der Waals surface area contributed by atoms with Gasteiger partial charge in [0.25, 0.3) is 0 Å². The first kappa shape index (κ1) is 43.9. The smallest absolute Gasteiger partial charge is 0 e. The Balaban J connectivity index is 0.000000237. The molecule has 0 bridgehead atoms. The fourth-order valence-electron chi connectivity index (χ4n) is 8.16. The molecule has 0 unspecified atom stereocenters. The maximum absolute atomic E-state index is 6.49. The van der Waals surface area contributed by atoms with E-state index < -0.39 is 13.3 Å². The van der Waals surface area contributed by atoms with Crippen LogP contribution in [0.4, 0.5) is 0 Å². The second-order valence-corrected chi connectivity index (χ2v) is 29.0. The third kappa shape index (κ3) is 8.82. The number of furan rings is 1. The number of fused-ring (bicyclic) bond motifs is 4. The third-order valence-corrected chi connectivity index (χ3v) is 15.5. The molecule has 0 saturated carbocycles. The van der Waals surface area contributed by atoms with Gasteiger partial charge in [-0.15, -0.1) is 17.7 Å². The Kier molecular flexibility index (Phi) is 12.7. The van der Waals surface area contributed by atoms with Gasteiger partial charge in [-0.05, 0) is 58.5 Å². The number of hydrogen-bond donors (Lipinski definition) is 0. The van der Waals surface area contributed by atoms with Crippen molar-refractivity contribution in [2.24, 2.45) is 0 Å². The SMILES string of the molecule is CC(C)c1c[c-]c(-c2nc3ccccc3n2-c2ccc(-c3ccccc3)cc2C(C)(C)C)c2oc3ncccc3c12.CC(C)c1cc(-c2[c-]cccc2)nc[c]1[Ge]([CH3])([CH3])[CH3].[Ir]. The minimum atomic E-state index is -1.85. The summed E-state index contributed by atoms with van der Waals surface area (Å²) in [5, 5.41) is 2.11. The summed E-state index contributed by atoms with van der Waals surface area (Å²) < 4.78 is 10.3. The molecule has 0 aliphatic heterocycles. The van der Waals surface area contributed by atoms with Crippen molar-refractivity contribution in [2.45, 2.75) is 83.0 Å². The Labute approximate surface area is 377 Å². The van der Waals surface area contributed by atoms with Crippen LogP contribution in [0.2, 0.25) is 17.3 Å². The molecular weight excluding hydrogens is 985 g/mol. The molecule has 4 heterocycles. The third-order valence-electron chi connectivity index (χ3n) is 11.3.